The molecule has 3 nitrogen and oxygen atoms in total. The average molecular weight is 282 g/mol. The number of nitrogens with two attached hydrogens (primary N) is 1. The van der Waals surface area contributed by atoms with Crippen molar-refractivity contribution in [3.05, 3.63) is 65.2 Å². The highest BCUT2D eigenvalue weighted by Gasteiger charge is 2.10. The predicted octanol–water partition coefficient (Wildman–Crippen LogP) is 3.17. The maximum Gasteiger partial charge on any atom is 0.222 e. The van der Waals surface area contributed by atoms with Gasteiger partial charge in [0.2, 0.25) is 5.91 Å². The van der Waals surface area contributed by atoms with Gasteiger partial charge in [0.15, 0.2) is 0 Å². The molecule has 0 heterocycles. The van der Waals surface area contributed by atoms with Gasteiger partial charge in [-0.3, -0.25) is 4.79 Å². The summed E-state index contributed by atoms with van der Waals surface area (Å²) < 4.78 is 0. The fourth-order valence-corrected chi connectivity index (χ4v) is 2.25. The van der Waals surface area contributed by atoms with Gasteiger partial charge in [-0.05, 0) is 30.5 Å². The third kappa shape index (κ3) is 4.35. The van der Waals surface area contributed by atoms with Crippen molar-refractivity contribution < 1.29 is 4.79 Å². The Bertz CT molecular complexity index is 605. The number of benzene rings is 2. The number of nitrogen functional groups attached to an aromatic ring is 1. The zero-order valence-electron chi connectivity index (χ0n) is 12.7. The molecule has 0 bridgehead atoms. The molecule has 1 amide bonds. The van der Waals surface area contributed by atoms with Crippen LogP contribution in [0.15, 0.2) is 48.5 Å². The molecule has 0 saturated heterocycles. The van der Waals surface area contributed by atoms with Gasteiger partial charge in [0.25, 0.3) is 0 Å². The van der Waals surface area contributed by atoms with Crippen LogP contribution < -0.4 is 5.73 Å². The molecular formula is C18H22N2O. The van der Waals surface area contributed by atoms with Gasteiger partial charge >= 0.3 is 0 Å². The van der Waals surface area contributed by atoms with Crippen LogP contribution in [0.5, 0.6) is 0 Å². The number of carbonyl (C=O) groups is 1. The summed E-state index contributed by atoms with van der Waals surface area (Å²) in [5.74, 6) is 0.138. The molecule has 0 spiro atoms. The van der Waals surface area contributed by atoms with Crippen LogP contribution in [0.1, 0.15) is 23.1 Å². The number of hydrogen-bond acceptors (Lipinski definition) is 2. The Morgan fingerprint density at radius 3 is 2.43 bits per heavy atom. The van der Waals surface area contributed by atoms with E-state index in [1.54, 1.807) is 4.90 Å². The molecule has 0 aliphatic carbocycles. The molecule has 2 aromatic carbocycles. The Labute approximate surface area is 126 Å². The minimum Gasteiger partial charge on any atom is -0.399 e. The van der Waals surface area contributed by atoms with Crippen molar-refractivity contribution in [1.82, 2.24) is 4.90 Å². The van der Waals surface area contributed by atoms with Crippen molar-refractivity contribution in [3.63, 3.8) is 0 Å². The average Bonchev–Trinajstić information content (AvgIpc) is 2.48. The van der Waals surface area contributed by atoms with Crippen LogP contribution in [0.25, 0.3) is 0 Å². The standard InChI is InChI=1S/C18H22N2O/c1-14-7-9-15(10-8-14)13-20(2)18(21)12-11-16-5-3-4-6-17(16)19/h3-10H,11-13,19H2,1-2H3. The van der Waals surface area contributed by atoms with E-state index in [4.69, 9.17) is 5.73 Å². The lowest BCUT2D eigenvalue weighted by Crippen LogP contribution is -2.26. The largest absolute Gasteiger partial charge is 0.399 e. The Hall–Kier alpha value is -2.29. The highest BCUT2D eigenvalue weighted by Crippen LogP contribution is 2.14. The van der Waals surface area contributed by atoms with E-state index >= 15 is 0 Å². The molecule has 21 heavy (non-hydrogen) atoms. The molecule has 0 aliphatic heterocycles. The van der Waals surface area contributed by atoms with Crippen LogP contribution in [0.4, 0.5) is 5.69 Å². The monoisotopic (exact) mass is 282 g/mol. The molecule has 2 N–H and O–H groups in total. The number of hydrogen-bond donors (Lipinski definition) is 1. The van der Waals surface area contributed by atoms with Crippen molar-refractivity contribution in [2.24, 2.45) is 0 Å². The van der Waals surface area contributed by atoms with Crippen LogP contribution in [-0.2, 0) is 17.8 Å². The normalized spacial score (nSPS) is 10.4. The van der Waals surface area contributed by atoms with Gasteiger partial charge in [0.1, 0.15) is 0 Å². The van der Waals surface area contributed by atoms with Crippen LogP contribution >= 0.6 is 0 Å². The number of nitrogens with zero attached hydrogens (tertiary/aromatic N) is 1. The minimum atomic E-state index is 0.138. The first kappa shape index (κ1) is 15.1. The van der Waals surface area contributed by atoms with Crippen LogP contribution in [0, 0.1) is 6.92 Å². The maximum atomic E-state index is 12.2. The Morgan fingerprint density at radius 1 is 1.10 bits per heavy atom. The fraction of sp³-hybridized carbons (Fsp3) is 0.278. The lowest BCUT2D eigenvalue weighted by atomic mass is 10.1. The summed E-state index contributed by atoms with van der Waals surface area (Å²) >= 11 is 0. The first-order valence-electron chi connectivity index (χ1n) is 7.19. The van der Waals surface area contributed by atoms with E-state index in [1.807, 2.05) is 31.3 Å². The number of aryl methyl sites for hydroxylation is 2. The summed E-state index contributed by atoms with van der Waals surface area (Å²) in [6, 6.07) is 16.0. The van der Waals surface area contributed by atoms with E-state index in [0.717, 1.165) is 16.8 Å². The summed E-state index contributed by atoms with van der Waals surface area (Å²) in [6.07, 6.45) is 1.17. The highest BCUT2D eigenvalue weighted by molar-refractivity contribution is 5.76. The number of para-hydroxylation sites is 1. The predicted molar refractivity (Wildman–Crippen MR) is 86.8 cm³/mol. The molecule has 2 rings (SSSR count). The molecule has 0 aliphatic rings. The van der Waals surface area contributed by atoms with Gasteiger partial charge < -0.3 is 10.6 Å². The summed E-state index contributed by atoms with van der Waals surface area (Å²) in [5.41, 5.74) is 10.1. The van der Waals surface area contributed by atoms with Gasteiger partial charge in [-0.2, -0.15) is 0 Å². The minimum absolute atomic E-state index is 0.138. The summed E-state index contributed by atoms with van der Waals surface area (Å²) in [4.78, 5) is 14.0. The van der Waals surface area contributed by atoms with E-state index in [1.165, 1.54) is 5.56 Å². The van der Waals surface area contributed by atoms with E-state index in [0.29, 0.717) is 19.4 Å². The maximum absolute atomic E-state index is 12.2. The first-order valence-corrected chi connectivity index (χ1v) is 7.19. The molecule has 0 saturated carbocycles. The molecule has 0 aromatic heterocycles. The second kappa shape index (κ2) is 6.93. The lowest BCUT2D eigenvalue weighted by molar-refractivity contribution is -0.130. The number of anilines is 1. The SMILES string of the molecule is Cc1ccc(CN(C)C(=O)CCc2ccccc2N)cc1. The van der Waals surface area contributed by atoms with Crippen molar-refractivity contribution in [2.45, 2.75) is 26.3 Å². The fourth-order valence-electron chi connectivity index (χ4n) is 2.25. The van der Waals surface area contributed by atoms with E-state index in [9.17, 15) is 4.79 Å². The van der Waals surface area contributed by atoms with E-state index < -0.39 is 0 Å². The van der Waals surface area contributed by atoms with Gasteiger partial charge in [-0.15, -0.1) is 0 Å². The van der Waals surface area contributed by atoms with Gasteiger partial charge in [-0.1, -0.05) is 48.0 Å². The Balaban J connectivity index is 1.88. The van der Waals surface area contributed by atoms with Crippen LogP contribution in [0.3, 0.4) is 0 Å². The first-order chi connectivity index (χ1) is 10.1. The zero-order valence-corrected chi connectivity index (χ0v) is 12.7. The molecule has 0 atom stereocenters. The number of amides is 1. The van der Waals surface area contributed by atoms with E-state index in [2.05, 4.69) is 31.2 Å². The van der Waals surface area contributed by atoms with Crippen LogP contribution in [-0.4, -0.2) is 17.9 Å². The lowest BCUT2D eigenvalue weighted by Gasteiger charge is -2.17. The van der Waals surface area contributed by atoms with Gasteiger partial charge in [0.05, 0.1) is 0 Å². The third-order valence-electron chi connectivity index (χ3n) is 3.63. The molecular weight excluding hydrogens is 260 g/mol. The molecule has 110 valence electrons. The highest BCUT2D eigenvalue weighted by atomic mass is 16.2. The van der Waals surface area contributed by atoms with Gasteiger partial charge in [0, 0.05) is 25.7 Å². The Morgan fingerprint density at radius 2 is 1.76 bits per heavy atom. The summed E-state index contributed by atoms with van der Waals surface area (Å²) in [6.45, 7) is 2.70. The second-order valence-electron chi connectivity index (χ2n) is 5.43. The quantitative estimate of drug-likeness (QED) is 0.856. The summed E-state index contributed by atoms with van der Waals surface area (Å²) in [7, 11) is 1.84. The molecule has 3 heteroatoms. The van der Waals surface area contributed by atoms with Crippen molar-refractivity contribution >= 4 is 11.6 Å². The van der Waals surface area contributed by atoms with Crippen molar-refractivity contribution in [2.75, 3.05) is 12.8 Å². The molecule has 0 radical (unpaired) electrons. The molecule has 2 aromatic rings. The Kier molecular flexibility index (Phi) is 4.99. The smallest absolute Gasteiger partial charge is 0.222 e. The molecule has 0 fully saturated rings. The topological polar surface area (TPSA) is 46.3 Å². The van der Waals surface area contributed by atoms with Crippen molar-refractivity contribution in [1.29, 1.82) is 0 Å². The third-order valence-corrected chi connectivity index (χ3v) is 3.63. The second-order valence-corrected chi connectivity index (χ2v) is 5.43. The van der Waals surface area contributed by atoms with Gasteiger partial charge in [-0.25, -0.2) is 0 Å². The number of rotatable bonds is 5. The van der Waals surface area contributed by atoms with Crippen molar-refractivity contribution in [3.8, 4) is 0 Å². The summed E-state index contributed by atoms with van der Waals surface area (Å²) in [5, 5.41) is 0. The zero-order chi connectivity index (χ0) is 15.2. The number of carbonyl (C=O) groups excluding carboxylic acids is 1. The van der Waals surface area contributed by atoms with Crippen LogP contribution in [0.2, 0.25) is 0 Å². The molecule has 0 unspecified atom stereocenters. The van der Waals surface area contributed by atoms with E-state index in [-0.39, 0.29) is 5.91 Å².